The zero-order valence-corrected chi connectivity index (χ0v) is 18.1. The second-order valence-electron chi connectivity index (χ2n) is 7.10. The molecule has 15 nitrogen and oxygen atoms in total. The molecule has 2 aromatic rings. The largest absolute Gasteiger partial charge is 0.472 e. The van der Waals surface area contributed by atoms with Crippen molar-refractivity contribution in [3.05, 3.63) is 12.7 Å². The average Bonchev–Trinajstić information content (AvgIpc) is 3.27. The summed E-state index contributed by atoms with van der Waals surface area (Å²) in [7, 11) is -4.51. The molecule has 178 valence electrons. The highest BCUT2D eigenvalue weighted by molar-refractivity contribution is 7.47. The zero-order chi connectivity index (χ0) is 23.5. The maximum atomic E-state index is 12.1. The molecule has 3 heterocycles. The quantitative estimate of drug-likeness (QED) is 0.229. The number of hydrogen-bond acceptors (Lipinski definition) is 13. The Morgan fingerprint density at radius 2 is 2.03 bits per heavy atom. The van der Waals surface area contributed by atoms with E-state index < -0.39 is 45.0 Å². The number of aliphatic hydroxyl groups excluding tert-OH is 2. The molecule has 1 aliphatic rings. The summed E-state index contributed by atoms with van der Waals surface area (Å²) in [6.45, 7) is 2.09. The minimum absolute atomic E-state index is 0.00446. The van der Waals surface area contributed by atoms with Crippen molar-refractivity contribution in [3.8, 4) is 0 Å². The Bertz CT molecular complexity index is 989. The Morgan fingerprint density at radius 3 is 2.75 bits per heavy atom. The van der Waals surface area contributed by atoms with Gasteiger partial charge in [-0.2, -0.15) is 0 Å². The third-order valence-corrected chi connectivity index (χ3v) is 5.31. The van der Waals surface area contributed by atoms with Crippen LogP contribution in [0, 0.1) is 5.92 Å². The second kappa shape index (κ2) is 10.0. The number of anilines is 1. The fourth-order valence-corrected chi connectivity index (χ4v) is 3.55. The van der Waals surface area contributed by atoms with Crippen molar-refractivity contribution in [1.29, 1.82) is 0 Å². The molecule has 6 atom stereocenters. The molecule has 1 fully saturated rings. The van der Waals surface area contributed by atoms with E-state index in [1.165, 1.54) is 19.6 Å². The predicted octanol–water partition coefficient (Wildman–Crippen LogP) is -1.38. The lowest BCUT2D eigenvalue weighted by Gasteiger charge is -2.18. The molecule has 2 unspecified atom stereocenters. The normalized spacial score (nSPS) is 26.0. The van der Waals surface area contributed by atoms with Crippen LogP contribution < -0.4 is 10.6 Å². The molecule has 3 rings (SSSR count). The molecule has 0 aliphatic carbocycles. The first kappa shape index (κ1) is 24.3. The van der Waals surface area contributed by atoms with Gasteiger partial charge < -0.3 is 35.2 Å². The fourth-order valence-electron chi connectivity index (χ4n) is 2.70. The van der Waals surface area contributed by atoms with Crippen LogP contribution in [0.4, 0.5) is 5.82 Å². The molecule has 1 aliphatic heterocycles. The lowest BCUT2D eigenvalue weighted by molar-refractivity contribution is -0.168. The van der Waals surface area contributed by atoms with Crippen molar-refractivity contribution >= 4 is 30.8 Å². The number of fused-ring (bicyclic) bond motifs is 1. The summed E-state index contributed by atoms with van der Waals surface area (Å²) in [5.41, 5.74) is 6.17. The van der Waals surface area contributed by atoms with Crippen LogP contribution in [0.15, 0.2) is 12.7 Å². The summed E-state index contributed by atoms with van der Waals surface area (Å²) < 4.78 is 33.0. The van der Waals surface area contributed by atoms with Crippen LogP contribution in [-0.2, 0) is 27.9 Å². The van der Waals surface area contributed by atoms with Gasteiger partial charge in [0.2, 0.25) is 5.65 Å². The van der Waals surface area contributed by atoms with Crippen molar-refractivity contribution in [2.75, 3.05) is 25.6 Å². The van der Waals surface area contributed by atoms with Crippen molar-refractivity contribution < 1.29 is 47.8 Å². The number of esters is 1. The van der Waals surface area contributed by atoms with Gasteiger partial charge in [0.05, 0.1) is 19.8 Å². The minimum Gasteiger partial charge on any atom is -0.466 e. The number of aliphatic hydroxyl groups is 2. The van der Waals surface area contributed by atoms with Crippen LogP contribution in [0.3, 0.4) is 0 Å². The van der Waals surface area contributed by atoms with Gasteiger partial charge >= 0.3 is 13.8 Å². The van der Waals surface area contributed by atoms with Crippen LogP contribution in [-0.4, -0.2) is 85.2 Å². The highest BCUT2D eigenvalue weighted by atomic mass is 31.2. The number of phosphoric ester groups is 1. The SMILES string of the molecule is CC(=O)OCC(C)COP(=O)(O)OC[C@H]1O[C@@H](On2cnc3c(N)ncnc32)[C@@H](O)[C@@H]1O. The maximum Gasteiger partial charge on any atom is 0.472 e. The molecule has 0 bridgehead atoms. The second-order valence-corrected chi connectivity index (χ2v) is 8.55. The summed E-state index contributed by atoms with van der Waals surface area (Å²) in [4.78, 5) is 37.8. The van der Waals surface area contributed by atoms with E-state index in [9.17, 15) is 24.5 Å². The van der Waals surface area contributed by atoms with Crippen molar-refractivity contribution in [3.63, 3.8) is 0 Å². The Labute approximate surface area is 181 Å². The van der Waals surface area contributed by atoms with Crippen LogP contribution in [0.2, 0.25) is 0 Å². The van der Waals surface area contributed by atoms with E-state index in [2.05, 4.69) is 15.0 Å². The molecule has 1 saturated heterocycles. The van der Waals surface area contributed by atoms with Gasteiger partial charge in [-0.3, -0.25) is 13.8 Å². The van der Waals surface area contributed by atoms with Gasteiger partial charge in [0.25, 0.3) is 6.29 Å². The van der Waals surface area contributed by atoms with Gasteiger partial charge in [-0.15, -0.1) is 4.73 Å². The first-order valence-corrected chi connectivity index (χ1v) is 10.9. The van der Waals surface area contributed by atoms with Gasteiger partial charge in [0, 0.05) is 12.8 Å². The van der Waals surface area contributed by atoms with E-state index in [1.54, 1.807) is 6.92 Å². The van der Waals surface area contributed by atoms with Gasteiger partial charge in [-0.25, -0.2) is 19.5 Å². The molecular weight excluding hydrogens is 453 g/mol. The van der Waals surface area contributed by atoms with Gasteiger partial charge in [-0.05, 0) is 0 Å². The third-order valence-electron chi connectivity index (χ3n) is 4.36. The molecule has 2 aromatic heterocycles. The number of rotatable bonds is 10. The molecule has 16 heteroatoms. The van der Waals surface area contributed by atoms with Crippen LogP contribution >= 0.6 is 7.82 Å². The number of aromatic nitrogens is 4. The molecule has 0 saturated carbocycles. The fraction of sp³-hybridized carbons (Fsp3) is 0.625. The molecular formula is C16H24N5O10P. The number of hydrogen-bond donors (Lipinski definition) is 4. The predicted molar refractivity (Wildman–Crippen MR) is 105 cm³/mol. The third kappa shape index (κ3) is 5.89. The van der Waals surface area contributed by atoms with Crippen LogP contribution in [0.25, 0.3) is 11.2 Å². The Hall–Kier alpha value is -2.39. The molecule has 0 amide bonds. The summed E-state index contributed by atoms with van der Waals surface area (Å²) in [6.07, 6.45) is -3.14. The van der Waals surface area contributed by atoms with Gasteiger partial charge in [0.1, 0.15) is 31.0 Å². The first-order chi connectivity index (χ1) is 15.1. The number of nitrogens with zero attached hydrogens (tertiary/aromatic N) is 4. The Morgan fingerprint density at radius 1 is 1.28 bits per heavy atom. The number of nitrogens with two attached hydrogens (primary N) is 1. The average molecular weight is 477 g/mol. The van der Waals surface area contributed by atoms with Crippen LogP contribution in [0.1, 0.15) is 13.8 Å². The summed E-state index contributed by atoms with van der Waals surface area (Å²) in [5.74, 6) is -0.723. The molecule has 5 N–H and O–H groups in total. The molecule has 0 aromatic carbocycles. The zero-order valence-electron chi connectivity index (χ0n) is 17.2. The van der Waals surface area contributed by atoms with E-state index in [1.807, 2.05) is 0 Å². The summed E-state index contributed by atoms with van der Waals surface area (Å²) in [5, 5.41) is 20.4. The molecule has 32 heavy (non-hydrogen) atoms. The highest BCUT2D eigenvalue weighted by Gasteiger charge is 2.46. The first-order valence-electron chi connectivity index (χ1n) is 9.45. The number of carbonyl (C=O) groups is 1. The molecule has 0 spiro atoms. The van der Waals surface area contributed by atoms with Gasteiger partial charge in [-0.1, -0.05) is 6.92 Å². The minimum atomic E-state index is -4.51. The number of carbonyl (C=O) groups excluding carboxylic acids is 1. The number of phosphoric acid groups is 1. The van der Waals surface area contributed by atoms with E-state index >= 15 is 0 Å². The molecule has 0 radical (unpaired) electrons. The number of ether oxygens (including phenoxy) is 2. The summed E-state index contributed by atoms with van der Waals surface area (Å²) in [6, 6.07) is 0. The van der Waals surface area contributed by atoms with E-state index in [0.29, 0.717) is 0 Å². The van der Waals surface area contributed by atoms with Crippen molar-refractivity contribution in [2.24, 2.45) is 5.92 Å². The smallest absolute Gasteiger partial charge is 0.466 e. The van der Waals surface area contributed by atoms with E-state index in [-0.39, 0.29) is 36.1 Å². The van der Waals surface area contributed by atoms with Gasteiger partial charge in [0.15, 0.2) is 11.3 Å². The highest BCUT2D eigenvalue weighted by Crippen LogP contribution is 2.44. The number of imidazole rings is 1. The lowest BCUT2D eigenvalue weighted by Crippen LogP contribution is -2.38. The monoisotopic (exact) mass is 477 g/mol. The summed E-state index contributed by atoms with van der Waals surface area (Å²) >= 11 is 0. The standard InChI is InChI=1S/C16H24N5O10P/c1-8(3-27-9(2)22)4-28-32(25,26)29-5-10-12(23)13(24)16(30-10)31-21-7-20-11-14(17)18-6-19-15(11)21/h6-8,10,12-13,16,23-24H,3-5H2,1-2H3,(H,25,26)(H2,17,18,19)/t8?,10-,12-,13+,16+/m1/s1. The van der Waals surface area contributed by atoms with Crippen molar-refractivity contribution in [2.45, 2.75) is 38.4 Å². The van der Waals surface area contributed by atoms with E-state index in [4.69, 9.17) is 29.1 Å². The lowest BCUT2D eigenvalue weighted by atomic mass is 10.1. The Kier molecular flexibility index (Phi) is 7.61. The Balaban J connectivity index is 1.53. The van der Waals surface area contributed by atoms with Crippen molar-refractivity contribution in [1.82, 2.24) is 19.7 Å². The topological polar surface area (TPSA) is 211 Å². The van der Waals surface area contributed by atoms with Crippen LogP contribution in [0.5, 0.6) is 0 Å². The van der Waals surface area contributed by atoms with E-state index in [0.717, 1.165) is 4.73 Å². The maximum absolute atomic E-state index is 12.1. The number of nitrogen functional groups attached to an aromatic ring is 1.